The van der Waals surface area contributed by atoms with Gasteiger partial charge in [0.15, 0.2) is 5.58 Å². The van der Waals surface area contributed by atoms with E-state index in [1.165, 1.54) is 0 Å². The van der Waals surface area contributed by atoms with Crippen LogP contribution >= 0.6 is 12.6 Å². The van der Waals surface area contributed by atoms with Gasteiger partial charge in [-0.2, -0.15) is 10.1 Å². The van der Waals surface area contributed by atoms with Crippen molar-refractivity contribution in [1.29, 1.82) is 0 Å². The third-order valence-corrected chi connectivity index (χ3v) is 4.25. The van der Waals surface area contributed by atoms with Crippen LogP contribution in [0.4, 0.5) is 6.01 Å². The average molecular weight is 332 g/mol. The second-order valence-corrected chi connectivity index (χ2v) is 6.12. The average Bonchev–Trinajstić information content (AvgIpc) is 2.99. The number of amides is 1. The number of fused-ring (bicyclic) bond motifs is 1. The Hall–Kier alpha value is -2.06. The predicted molar refractivity (Wildman–Crippen MR) is 88.9 cm³/mol. The largest absolute Gasteiger partial charge is 0.423 e. The number of rotatable bonds is 2. The van der Waals surface area contributed by atoms with Crippen LogP contribution in [-0.4, -0.2) is 41.7 Å². The lowest BCUT2D eigenvalue weighted by Crippen LogP contribution is -2.40. The molecule has 0 spiro atoms. The molecule has 1 aromatic heterocycles. The monoisotopic (exact) mass is 332 g/mol. The number of aromatic nitrogens is 1. The highest BCUT2D eigenvalue weighted by Gasteiger charge is 2.22. The first-order valence-corrected chi connectivity index (χ1v) is 8.02. The first-order chi connectivity index (χ1) is 11.2. The fourth-order valence-corrected chi connectivity index (χ4v) is 3.02. The quantitative estimate of drug-likeness (QED) is 0.816. The number of thiol groups is 1. The summed E-state index contributed by atoms with van der Waals surface area (Å²) in [5.41, 5.74) is 5.68. The summed E-state index contributed by atoms with van der Waals surface area (Å²) in [7, 11) is 0. The molecule has 2 aliphatic heterocycles. The van der Waals surface area contributed by atoms with Crippen molar-refractivity contribution in [3.05, 3.63) is 23.8 Å². The van der Waals surface area contributed by atoms with Crippen LogP contribution in [0, 0.1) is 0 Å². The first-order valence-electron chi connectivity index (χ1n) is 7.50. The molecule has 1 N–H and O–H groups in total. The Morgan fingerprint density at radius 3 is 3.04 bits per heavy atom. The molecule has 7 nitrogen and oxygen atoms in total. The standard InChI is InChI=1S/C15H16N4O3S/c20-13-4-3-10(17-18-13)9-1-2-11-12(7-9)22-15(16-11)19-5-6-21-14(23)8-19/h1-2,7,14,23H,3-6,8H2,(H,18,20). The number of anilines is 1. The van der Waals surface area contributed by atoms with Crippen molar-refractivity contribution < 1.29 is 13.9 Å². The normalized spacial score (nSPS) is 22.1. The maximum absolute atomic E-state index is 11.2. The summed E-state index contributed by atoms with van der Waals surface area (Å²) in [6, 6.07) is 6.36. The summed E-state index contributed by atoms with van der Waals surface area (Å²) < 4.78 is 11.3. The van der Waals surface area contributed by atoms with Gasteiger partial charge in [-0.3, -0.25) is 4.79 Å². The Bertz CT molecular complexity index is 788. The van der Waals surface area contributed by atoms with E-state index in [9.17, 15) is 4.79 Å². The number of morpholine rings is 1. The van der Waals surface area contributed by atoms with Crippen LogP contribution in [0.15, 0.2) is 27.7 Å². The van der Waals surface area contributed by atoms with Crippen molar-refractivity contribution in [3.63, 3.8) is 0 Å². The number of nitrogens with one attached hydrogen (secondary N) is 1. The zero-order chi connectivity index (χ0) is 15.8. The van der Waals surface area contributed by atoms with Crippen LogP contribution in [0.25, 0.3) is 11.1 Å². The van der Waals surface area contributed by atoms with Crippen LogP contribution in [0.5, 0.6) is 0 Å². The molecule has 1 atom stereocenters. The lowest BCUT2D eigenvalue weighted by atomic mass is 10.0. The third kappa shape index (κ3) is 2.91. The van der Waals surface area contributed by atoms with E-state index in [1.807, 2.05) is 23.1 Å². The van der Waals surface area contributed by atoms with Gasteiger partial charge in [0.2, 0.25) is 5.91 Å². The summed E-state index contributed by atoms with van der Waals surface area (Å²) in [5, 5.41) is 4.11. The number of benzene rings is 1. The van der Waals surface area contributed by atoms with Crippen molar-refractivity contribution in [2.24, 2.45) is 5.10 Å². The SMILES string of the molecule is O=C1CCC(c2ccc3nc(N4CCOC(S)C4)oc3c2)=NN1. The number of carbonyl (C=O) groups excluding carboxylic acids is 1. The van der Waals surface area contributed by atoms with Gasteiger partial charge in [-0.15, -0.1) is 12.6 Å². The maximum atomic E-state index is 11.2. The maximum Gasteiger partial charge on any atom is 0.298 e. The fraction of sp³-hybridized carbons (Fsp3) is 0.400. The fourth-order valence-electron chi connectivity index (χ4n) is 2.71. The Morgan fingerprint density at radius 1 is 1.35 bits per heavy atom. The molecular formula is C15H16N4O3S. The molecule has 4 rings (SSSR count). The minimum Gasteiger partial charge on any atom is -0.423 e. The van der Waals surface area contributed by atoms with Gasteiger partial charge < -0.3 is 14.1 Å². The molecule has 2 aromatic rings. The molecule has 0 bridgehead atoms. The molecule has 0 aliphatic carbocycles. The molecule has 1 fully saturated rings. The lowest BCUT2D eigenvalue weighted by Gasteiger charge is -2.29. The van der Waals surface area contributed by atoms with Gasteiger partial charge in [-0.1, -0.05) is 6.07 Å². The van der Waals surface area contributed by atoms with E-state index in [4.69, 9.17) is 9.15 Å². The number of oxazole rings is 1. The van der Waals surface area contributed by atoms with Gasteiger partial charge in [-0.25, -0.2) is 5.43 Å². The van der Waals surface area contributed by atoms with Crippen LogP contribution in [0.1, 0.15) is 18.4 Å². The number of hydrogen-bond acceptors (Lipinski definition) is 7. The van der Waals surface area contributed by atoms with Gasteiger partial charge in [0.05, 0.1) is 18.9 Å². The molecule has 23 heavy (non-hydrogen) atoms. The van der Waals surface area contributed by atoms with E-state index in [1.54, 1.807) is 0 Å². The van der Waals surface area contributed by atoms with E-state index in [2.05, 4.69) is 28.1 Å². The number of ether oxygens (including phenoxy) is 1. The second kappa shape index (κ2) is 5.86. The summed E-state index contributed by atoms with van der Waals surface area (Å²) in [5.74, 6) is -0.0505. The highest BCUT2D eigenvalue weighted by molar-refractivity contribution is 7.80. The van der Waals surface area contributed by atoms with Crippen molar-refractivity contribution >= 4 is 41.4 Å². The summed E-state index contributed by atoms with van der Waals surface area (Å²) >= 11 is 4.34. The number of carbonyl (C=O) groups is 1. The first kappa shape index (κ1) is 14.5. The van der Waals surface area contributed by atoms with Crippen LogP contribution in [0.3, 0.4) is 0 Å². The molecule has 0 saturated carbocycles. The van der Waals surface area contributed by atoms with E-state index in [-0.39, 0.29) is 11.3 Å². The topological polar surface area (TPSA) is 80.0 Å². The highest BCUT2D eigenvalue weighted by Crippen LogP contribution is 2.25. The number of nitrogens with zero attached hydrogens (tertiary/aromatic N) is 3. The molecule has 3 heterocycles. The molecule has 2 aliphatic rings. The molecular weight excluding hydrogens is 316 g/mol. The van der Waals surface area contributed by atoms with Crippen molar-refractivity contribution in [3.8, 4) is 0 Å². The molecule has 1 aromatic carbocycles. The number of hydrogen-bond donors (Lipinski definition) is 2. The molecule has 1 amide bonds. The van der Waals surface area contributed by atoms with E-state index in [0.29, 0.717) is 37.6 Å². The summed E-state index contributed by atoms with van der Waals surface area (Å²) in [4.78, 5) is 17.7. The van der Waals surface area contributed by atoms with E-state index >= 15 is 0 Å². The third-order valence-electron chi connectivity index (χ3n) is 3.93. The number of hydrazone groups is 1. The van der Waals surface area contributed by atoms with E-state index < -0.39 is 0 Å². The highest BCUT2D eigenvalue weighted by atomic mass is 32.1. The van der Waals surface area contributed by atoms with Gasteiger partial charge in [0.1, 0.15) is 11.0 Å². The molecule has 1 unspecified atom stereocenters. The zero-order valence-electron chi connectivity index (χ0n) is 12.4. The lowest BCUT2D eigenvalue weighted by molar-refractivity contribution is -0.121. The summed E-state index contributed by atoms with van der Waals surface area (Å²) in [6.07, 6.45) is 1.08. The Balaban J connectivity index is 1.63. The van der Waals surface area contributed by atoms with Crippen LogP contribution in [-0.2, 0) is 9.53 Å². The molecule has 120 valence electrons. The van der Waals surface area contributed by atoms with Crippen molar-refractivity contribution in [2.45, 2.75) is 18.3 Å². The summed E-state index contributed by atoms with van der Waals surface area (Å²) in [6.45, 7) is 1.98. The zero-order valence-corrected chi connectivity index (χ0v) is 13.3. The minimum absolute atomic E-state index is 0.0505. The van der Waals surface area contributed by atoms with Gasteiger partial charge in [0.25, 0.3) is 6.01 Å². The predicted octanol–water partition coefficient (Wildman–Crippen LogP) is 1.53. The van der Waals surface area contributed by atoms with E-state index in [0.717, 1.165) is 23.3 Å². The smallest absolute Gasteiger partial charge is 0.298 e. The second-order valence-electron chi connectivity index (χ2n) is 5.54. The van der Waals surface area contributed by atoms with Crippen LogP contribution in [0.2, 0.25) is 0 Å². The Morgan fingerprint density at radius 2 is 2.26 bits per heavy atom. The molecule has 8 heteroatoms. The van der Waals surface area contributed by atoms with Crippen LogP contribution < -0.4 is 10.3 Å². The Labute approximate surface area is 138 Å². The minimum atomic E-state index is -0.130. The van der Waals surface area contributed by atoms with Gasteiger partial charge in [0, 0.05) is 24.9 Å². The van der Waals surface area contributed by atoms with Crippen molar-refractivity contribution in [1.82, 2.24) is 10.4 Å². The van der Waals surface area contributed by atoms with Gasteiger partial charge >= 0.3 is 0 Å². The molecule has 0 radical (unpaired) electrons. The van der Waals surface area contributed by atoms with Crippen molar-refractivity contribution in [2.75, 3.05) is 24.6 Å². The van der Waals surface area contributed by atoms with Gasteiger partial charge in [-0.05, 0) is 12.1 Å². The molecule has 1 saturated heterocycles. The Kier molecular flexibility index (Phi) is 3.70.